The number of nitrogens with zero attached hydrogens (tertiary/aromatic N) is 4. The molecule has 3 rings (SSSR count). The summed E-state index contributed by atoms with van der Waals surface area (Å²) in [6.07, 6.45) is 4.60. The van der Waals surface area contributed by atoms with E-state index in [0.717, 1.165) is 31.5 Å². The molecule has 1 aromatic heterocycles. The van der Waals surface area contributed by atoms with Crippen molar-refractivity contribution in [3.05, 3.63) is 41.5 Å². The van der Waals surface area contributed by atoms with Crippen molar-refractivity contribution in [3.63, 3.8) is 0 Å². The van der Waals surface area contributed by atoms with E-state index in [9.17, 15) is 9.18 Å². The van der Waals surface area contributed by atoms with Gasteiger partial charge in [0.2, 0.25) is 0 Å². The molecule has 1 fully saturated rings. The fourth-order valence-corrected chi connectivity index (χ4v) is 3.82. The number of methoxy groups -OCH3 is 1. The van der Waals surface area contributed by atoms with Gasteiger partial charge >= 0.3 is 5.97 Å². The largest absolute Gasteiger partial charge is 0.468 e. The van der Waals surface area contributed by atoms with Gasteiger partial charge in [-0.2, -0.15) is 0 Å². The molecule has 1 aliphatic carbocycles. The number of ether oxygens (including phenoxy) is 1. The van der Waals surface area contributed by atoms with Gasteiger partial charge in [-0.3, -0.25) is 4.79 Å². The molecule has 9 heteroatoms. The molecular weight excluding hydrogens is 363 g/mol. The summed E-state index contributed by atoms with van der Waals surface area (Å²) in [5, 5.41) is 15.3. The van der Waals surface area contributed by atoms with Gasteiger partial charge in [-0.15, -0.1) is 5.10 Å². The van der Waals surface area contributed by atoms with Crippen LogP contribution in [-0.2, 0) is 16.1 Å². The lowest BCUT2D eigenvalue weighted by atomic mass is 9.81. The Balaban J connectivity index is 1.79. The minimum Gasteiger partial charge on any atom is -0.468 e. The zero-order chi connectivity index (χ0) is 19.9. The van der Waals surface area contributed by atoms with Crippen LogP contribution in [0.25, 0.3) is 0 Å². The highest BCUT2D eigenvalue weighted by molar-refractivity contribution is 5.68. The van der Waals surface area contributed by atoms with Crippen molar-refractivity contribution in [1.29, 1.82) is 0 Å². The van der Waals surface area contributed by atoms with E-state index in [-0.39, 0.29) is 18.4 Å². The number of halogens is 1. The number of aromatic nitrogens is 4. The van der Waals surface area contributed by atoms with Gasteiger partial charge in [0.15, 0.2) is 5.82 Å². The number of rotatable bonds is 8. The Bertz CT molecular complexity index is 766. The molecule has 0 spiro atoms. The second-order valence-electron chi connectivity index (χ2n) is 7.30. The van der Waals surface area contributed by atoms with Gasteiger partial charge in [-0.1, -0.05) is 18.6 Å². The molecule has 0 bridgehead atoms. The molecule has 1 aromatic carbocycles. The van der Waals surface area contributed by atoms with Crippen molar-refractivity contribution in [3.8, 4) is 0 Å². The van der Waals surface area contributed by atoms with E-state index in [1.54, 1.807) is 12.1 Å². The molecule has 0 aliphatic heterocycles. The van der Waals surface area contributed by atoms with Gasteiger partial charge in [0.1, 0.15) is 12.4 Å². The van der Waals surface area contributed by atoms with Gasteiger partial charge in [0.05, 0.1) is 13.2 Å². The van der Waals surface area contributed by atoms with Gasteiger partial charge in [0, 0.05) is 0 Å². The van der Waals surface area contributed by atoms with Crippen LogP contribution in [0.4, 0.5) is 4.39 Å². The van der Waals surface area contributed by atoms with Gasteiger partial charge < -0.3 is 15.8 Å². The molecule has 3 unspecified atom stereocenters. The van der Waals surface area contributed by atoms with E-state index in [4.69, 9.17) is 10.5 Å². The molecule has 1 aliphatic rings. The van der Waals surface area contributed by atoms with E-state index in [0.29, 0.717) is 17.7 Å². The fourth-order valence-electron chi connectivity index (χ4n) is 3.82. The highest BCUT2D eigenvalue weighted by Crippen LogP contribution is 2.29. The fraction of sp³-hybridized carbons (Fsp3) is 0.579. The quantitative estimate of drug-likeness (QED) is 0.657. The van der Waals surface area contributed by atoms with Crippen LogP contribution < -0.4 is 11.1 Å². The average Bonchev–Trinajstić information content (AvgIpc) is 3.17. The average molecular weight is 390 g/mol. The van der Waals surface area contributed by atoms with Crippen LogP contribution in [0.15, 0.2) is 24.3 Å². The predicted octanol–water partition coefficient (Wildman–Crippen LogP) is 1.43. The maximum atomic E-state index is 13.4. The Morgan fingerprint density at radius 1 is 1.36 bits per heavy atom. The molecule has 0 radical (unpaired) electrons. The van der Waals surface area contributed by atoms with Crippen molar-refractivity contribution in [1.82, 2.24) is 25.5 Å². The molecular formula is C19H27FN6O2. The third kappa shape index (κ3) is 5.11. The van der Waals surface area contributed by atoms with Crippen molar-refractivity contribution in [2.24, 2.45) is 17.6 Å². The summed E-state index contributed by atoms with van der Waals surface area (Å²) in [6.45, 7) is 1.40. The number of carbonyl (C=O) groups is 1. The summed E-state index contributed by atoms with van der Waals surface area (Å²) < 4.78 is 19.5. The summed E-state index contributed by atoms with van der Waals surface area (Å²) in [4.78, 5) is 11.7. The number of hydrogen-bond donors (Lipinski definition) is 2. The number of nitrogens with two attached hydrogens (primary N) is 1. The number of esters is 1. The van der Waals surface area contributed by atoms with Crippen LogP contribution >= 0.6 is 0 Å². The summed E-state index contributed by atoms with van der Waals surface area (Å²) in [6, 6.07) is 5.85. The smallest absolute Gasteiger partial charge is 0.327 e. The van der Waals surface area contributed by atoms with Crippen LogP contribution in [0.2, 0.25) is 0 Å². The maximum Gasteiger partial charge on any atom is 0.327 e. The van der Waals surface area contributed by atoms with E-state index in [2.05, 4.69) is 20.8 Å². The first-order valence-corrected chi connectivity index (χ1v) is 9.62. The van der Waals surface area contributed by atoms with Crippen molar-refractivity contribution < 1.29 is 13.9 Å². The van der Waals surface area contributed by atoms with Crippen LogP contribution in [0, 0.1) is 17.7 Å². The standard InChI is InChI=1S/C19H27FN6O2/c1-28-17(27)12-26-19(23-24-25-26)18(15-5-7-16(20)8-6-15)22-11-14-4-2-3-13(9-14)10-21/h5-8,13-14,18,22H,2-4,9-12,21H2,1H3. The predicted molar refractivity (Wildman–Crippen MR) is 101 cm³/mol. The molecule has 152 valence electrons. The molecule has 8 nitrogen and oxygen atoms in total. The number of hydrogen-bond acceptors (Lipinski definition) is 7. The topological polar surface area (TPSA) is 108 Å². The lowest BCUT2D eigenvalue weighted by Crippen LogP contribution is -2.34. The van der Waals surface area contributed by atoms with Crippen molar-refractivity contribution in [2.45, 2.75) is 38.3 Å². The number of tetrazole rings is 1. The Morgan fingerprint density at radius 3 is 2.82 bits per heavy atom. The molecule has 0 amide bonds. The molecule has 3 N–H and O–H groups in total. The van der Waals surface area contributed by atoms with Gasteiger partial charge in [0.25, 0.3) is 0 Å². The van der Waals surface area contributed by atoms with E-state index < -0.39 is 5.97 Å². The second-order valence-corrected chi connectivity index (χ2v) is 7.30. The molecule has 3 atom stereocenters. The summed E-state index contributed by atoms with van der Waals surface area (Å²) >= 11 is 0. The maximum absolute atomic E-state index is 13.4. The van der Waals surface area contributed by atoms with E-state index in [1.807, 2.05) is 0 Å². The first-order chi connectivity index (χ1) is 13.6. The molecule has 28 heavy (non-hydrogen) atoms. The van der Waals surface area contributed by atoms with Gasteiger partial charge in [-0.25, -0.2) is 9.07 Å². The lowest BCUT2D eigenvalue weighted by molar-refractivity contribution is -0.141. The first kappa shape index (κ1) is 20.3. The molecule has 1 heterocycles. The lowest BCUT2D eigenvalue weighted by Gasteiger charge is -2.30. The minimum absolute atomic E-state index is 0.0864. The highest BCUT2D eigenvalue weighted by atomic mass is 19.1. The Labute approximate surface area is 163 Å². The second kappa shape index (κ2) is 9.70. The van der Waals surface area contributed by atoms with E-state index >= 15 is 0 Å². The normalized spacial score (nSPS) is 20.7. The molecule has 1 saturated carbocycles. The summed E-state index contributed by atoms with van der Waals surface area (Å²) in [5.74, 6) is 0.812. The third-order valence-electron chi connectivity index (χ3n) is 5.36. The number of nitrogens with one attached hydrogen (secondary N) is 1. The van der Waals surface area contributed by atoms with Gasteiger partial charge in [-0.05, 0) is 72.3 Å². The van der Waals surface area contributed by atoms with Crippen LogP contribution in [0.1, 0.15) is 43.1 Å². The monoisotopic (exact) mass is 390 g/mol. The Kier molecular flexibility index (Phi) is 7.05. The minimum atomic E-state index is -0.440. The van der Waals surface area contributed by atoms with Crippen molar-refractivity contribution in [2.75, 3.05) is 20.2 Å². The summed E-state index contributed by atoms with van der Waals surface area (Å²) in [5.41, 5.74) is 6.68. The zero-order valence-electron chi connectivity index (χ0n) is 16.1. The number of carbonyl (C=O) groups excluding carboxylic acids is 1. The van der Waals surface area contributed by atoms with Crippen LogP contribution in [0.5, 0.6) is 0 Å². The molecule has 2 aromatic rings. The Hall–Kier alpha value is -2.39. The summed E-state index contributed by atoms with van der Waals surface area (Å²) in [7, 11) is 1.32. The van der Waals surface area contributed by atoms with Crippen LogP contribution in [-0.4, -0.2) is 46.4 Å². The van der Waals surface area contributed by atoms with Crippen molar-refractivity contribution >= 4 is 5.97 Å². The third-order valence-corrected chi connectivity index (χ3v) is 5.36. The highest BCUT2D eigenvalue weighted by Gasteiger charge is 2.26. The SMILES string of the molecule is COC(=O)Cn1nnnc1C(NCC1CCCC(CN)C1)c1ccc(F)cc1. The molecule has 0 saturated heterocycles. The van der Waals surface area contributed by atoms with Crippen LogP contribution in [0.3, 0.4) is 0 Å². The zero-order valence-corrected chi connectivity index (χ0v) is 16.1. The van der Waals surface area contributed by atoms with E-state index in [1.165, 1.54) is 36.8 Å². The Morgan fingerprint density at radius 2 is 2.11 bits per heavy atom. The number of benzene rings is 1. The first-order valence-electron chi connectivity index (χ1n) is 9.62.